The number of thioether (sulfide) groups is 1. The molecule has 1 aromatic carbocycles. The molecule has 0 saturated heterocycles. The molecular formula is C14H14ClNS2. The summed E-state index contributed by atoms with van der Waals surface area (Å²) in [6.45, 7) is 0.943. The molecule has 0 fully saturated rings. The van der Waals surface area contributed by atoms with Crippen LogP contribution < -0.4 is 5.32 Å². The molecule has 1 nitrogen and oxygen atoms in total. The average Bonchev–Trinajstić information content (AvgIpc) is 2.89. The van der Waals surface area contributed by atoms with Crippen LogP contribution in [0.25, 0.3) is 0 Å². The van der Waals surface area contributed by atoms with Crippen molar-refractivity contribution in [3.8, 4) is 0 Å². The van der Waals surface area contributed by atoms with Crippen LogP contribution in [-0.4, -0.2) is 5.75 Å². The normalized spacial score (nSPS) is 18.6. The van der Waals surface area contributed by atoms with Crippen LogP contribution in [0.2, 0.25) is 5.02 Å². The van der Waals surface area contributed by atoms with Crippen LogP contribution in [-0.2, 0) is 6.54 Å². The molecule has 2 heterocycles. The Morgan fingerprint density at radius 1 is 1.33 bits per heavy atom. The number of rotatable bonds is 3. The van der Waals surface area contributed by atoms with E-state index < -0.39 is 0 Å². The summed E-state index contributed by atoms with van der Waals surface area (Å²) >= 11 is 9.84. The van der Waals surface area contributed by atoms with E-state index in [0.29, 0.717) is 6.04 Å². The first-order valence-electron chi connectivity index (χ1n) is 6.01. The van der Waals surface area contributed by atoms with Gasteiger partial charge in [-0.15, -0.1) is 23.1 Å². The van der Waals surface area contributed by atoms with Crippen LogP contribution >= 0.6 is 34.7 Å². The maximum absolute atomic E-state index is 6.11. The van der Waals surface area contributed by atoms with E-state index >= 15 is 0 Å². The van der Waals surface area contributed by atoms with Crippen LogP contribution in [0.3, 0.4) is 0 Å². The van der Waals surface area contributed by atoms with Gasteiger partial charge in [0.1, 0.15) is 0 Å². The topological polar surface area (TPSA) is 12.0 Å². The second kappa shape index (κ2) is 5.66. The van der Waals surface area contributed by atoms with E-state index in [0.717, 1.165) is 11.6 Å². The number of hydrogen-bond donors (Lipinski definition) is 1. The minimum atomic E-state index is 0.432. The van der Waals surface area contributed by atoms with Crippen LogP contribution in [0, 0.1) is 0 Å². The molecule has 3 rings (SSSR count). The molecule has 1 aliphatic heterocycles. The maximum Gasteiger partial charge on any atom is 0.0410 e. The fourth-order valence-corrected chi connectivity index (χ4v) is 4.16. The third kappa shape index (κ3) is 2.75. The third-order valence-electron chi connectivity index (χ3n) is 3.11. The summed E-state index contributed by atoms with van der Waals surface area (Å²) in [5.41, 5.74) is 1.36. The summed E-state index contributed by atoms with van der Waals surface area (Å²) in [6.07, 6.45) is 1.17. The molecule has 1 atom stereocenters. The second-order valence-corrected chi connectivity index (χ2v) is 6.94. The van der Waals surface area contributed by atoms with Crippen molar-refractivity contribution < 1.29 is 0 Å². The number of thiophene rings is 1. The highest BCUT2D eigenvalue weighted by Gasteiger charge is 2.20. The molecule has 0 spiro atoms. The number of halogens is 1. The van der Waals surface area contributed by atoms with Gasteiger partial charge >= 0.3 is 0 Å². The Balaban J connectivity index is 1.76. The van der Waals surface area contributed by atoms with Gasteiger partial charge < -0.3 is 5.32 Å². The molecule has 2 aromatic rings. The zero-order valence-corrected chi connectivity index (χ0v) is 12.2. The van der Waals surface area contributed by atoms with Gasteiger partial charge in [-0.2, -0.15) is 0 Å². The third-order valence-corrected chi connectivity index (χ3v) is 5.35. The molecule has 1 unspecified atom stereocenters. The first kappa shape index (κ1) is 12.5. The van der Waals surface area contributed by atoms with Crippen LogP contribution in [0.15, 0.2) is 40.6 Å². The molecule has 18 heavy (non-hydrogen) atoms. The van der Waals surface area contributed by atoms with Gasteiger partial charge in [0, 0.05) is 27.4 Å². The Bertz CT molecular complexity index is 525. The molecule has 0 aliphatic carbocycles. The van der Waals surface area contributed by atoms with Crippen molar-refractivity contribution in [2.45, 2.75) is 23.9 Å². The number of benzene rings is 1. The van der Waals surface area contributed by atoms with Crippen LogP contribution in [0.4, 0.5) is 0 Å². The molecular weight excluding hydrogens is 282 g/mol. The lowest BCUT2D eigenvalue weighted by molar-refractivity contribution is 0.513. The lowest BCUT2D eigenvalue weighted by atomic mass is 10.0. The van der Waals surface area contributed by atoms with Gasteiger partial charge in [-0.05, 0) is 47.4 Å². The molecule has 1 aromatic heterocycles. The zero-order chi connectivity index (χ0) is 12.4. The highest BCUT2D eigenvalue weighted by atomic mass is 35.5. The quantitative estimate of drug-likeness (QED) is 0.878. The van der Waals surface area contributed by atoms with Crippen molar-refractivity contribution in [3.05, 3.63) is 51.2 Å². The van der Waals surface area contributed by atoms with Gasteiger partial charge in [0.25, 0.3) is 0 Å². The largest absolute Gasteiger partial charge is 0.305 e. The molecule has 94 valence electrons. The first-order chi connectivity index (χ1) is 8.83. The molecule has 0 bridgehead atoms. The zero-order valence-electron chi connectivity index (χ0n) is 9.86. The molecule has 0 radical (unpaired) electrons. The van der Waals surface area contributed by atoms with Gasteiger partial charge in [0.2, 0.25) is 0 Å². The summed E-state index contributed by atoms with van der Waals surface area (Å²) < 4.78 is 0. The fourth-order valence-electron chi connectivity index (χ4n) is 2.21. The Kier molecular flexibility index (Phi) is 3.94. The minimum absolute atomic E-state index is 0.432. The highest BCUT2D eigenvalue weighted by molar-refractivity contribution is 7.99. The van der Waals surface area contributed by atoms with Crippen molar-refractivity contribution in [2.24, 2.45) is 0 Å². The molecule has 1 N–H and O–H groups in total. The van der Waals surface area contributed by atoms with Crippen molar-refractivity contribution in [3.63, 3.8) is 0 Å². The van der Waals surface area contributed by atoms with Crippen LogP contribution in [0.1, 0.15) is 22.9 Å². The van der Waals surface area contributed by atoms with E-state index in [1.807, 2.05) is 17.8 Å². The van der Waals surface area contributed by atoms with Gasteiger partial charge in [0.15, 0.2) is 0 Å². The number of fused-ring (bicyclic) bond motifs is 1. The van der Waals surface area contributed by atoms with Crippen molar-refractivity contribution in [1.82, 2.24) is 5.32 Å². The van der Waals surface area contributed by atoms with Crippen molar-refractivity contribution in [2.75, 3.05) is 5.75 Å². The Morgan fingerprint density at radius 2 is 2.28 bits per heavy atom. The Morgan fingerprint density at radius 3 is 3.11 bits per heavy atom. The molecule has 0 amide bonds. The Hall–Kier alpha value is -0.480. The van der Waals surface area contributed by atoms with Gasteiger partial charge in [-0.1, -0.05) is 17.7 Å². The van der Waals surface area contributed by atoms with Crippen LogP contribution in [0.5, 0.6) is 0 Å². The van der Waals surface area contributed by atoms with E-state index in [1.165, 1.54) is 27.5 Å². The summed E-state index contributed by atoms with van der Waals surface area (Å²) in [4.78, 5) is 2.76. The summed E-state index contributed by atoms with van der Waals surface area (Å²) in [6, 6.07) is 10.9. The predicted octanol–water partition coefficient (Wildman–Crippen LogP) is 4.73. The molecule has 0 saturated carbocycles. The van der Waals surface area contributed by atoms with Gasteiger partial charge in [-0.3, -0.25) is 0 Å². The summed E-state index contributed by atoms with van der Waals surface area (Å²) in [7, 11) is 0. The SMILES string of the molecule is Clc1ccc2c(c1)C(NCc1cccs1)CCS2. The standard InChI is InChI=1S/C14H14ClNS2/c15-10-3-4-14-12(8-10)13(5-7-18-14)16-9-11-2-1-6-17-11/h1-4,6,8,13,16H,5,7,9H2. The molecule has 4 heteroatoms. The highest BCUT2D eigenvalue weighted by Crippen LogP contribution is 2.37. The lowest BCUT2D eigenvalue weighted by Gasteiger charge is -2.26. The number of nitrogens with one attached hydrogen (secondary N) is 1. The van der Waals surface area contributed by atoms with E-state index in [-0.39, 0.29) is 0 Å². The minimum Gasteiger partial charge on any atom is -0.305 e. The molecule has 1 aliphatic rings. The van der Waals surface area contributed by atoms with E-state index in [2.05, 4.69) is 35.0 Å². The smallest absolute Gasteiger partial charge is 0.0410 e. The lowest BCUT2D eigenvalue weighted by Crippen LogP contribution is -2.23. The predicted molar refractivity (Wildman–Crippen MR) is 80.7 cm³/mol. The monoisotopic (exact) mass is 295 g/mol. The van der Waals surface area contributed by atoms with E-state index in [4.69, 9.17) is 11.6 Å². The summed E-state index contributed by atoms with van der Waals surface area (Å²) in [5, 5.41) is 6.60. The first-order valence-corrected chi connectivity index (χ1v) is 8.25. The van der Waals surface area contributed by atoms with Crippen molar-refractivity contribution in [1.29, 1.82) is 0 Å². The number of hydrogen-bond acceptors (Lipinski definition) is 3. The van der Waals surface area contributed by atoms with E-state index in [1.54, 1.807) is 11.3 Å². The Labute approximate surface area is 121 Å². The fraction of sp³-hybridized carbons (Fsp3) is 0.286. The van der Waals surface area contributed by atoms with Crippen molar-refractivity contribution >= 4 is 34.7 Å². The van der Waals surface area contributed by atoms with E-state index in [9.17, 15) is 0 Å². The van der Waals surface area contributed by atoms with Gasteiger partial charge in [0.05, 0.1) is 0 Å². The average molecular weight is 296 g/mol. The summed E-state index contributed by atoms with van der Waals surface area (Å²) in [5.74, 6) is 1.18. The maximum atomic E-state index is 6.11. The van der Waals surface area contributed by atoms with Gasteiger partial charge in [-0.25, -0.2) is 0 Å². The second-order valence-electron chi connectivity index (χ2n) is 4.33.